The van der Waals surface area contributed by atoms with Crippen molar-refractivity contribution >= 4 is 17.6 Å². The molecule has 0 aromatic heterocycles. The lowest BCUT2D eigenvalue weighted by molar-refractivity contribution is -0.146. The monoisotopic (exact) mass is 382 g/mol. The van der Waals surface area contributed by atoms with E-state index in [0.29, 0.717) is 11.6 Å². The van der Waals surface area contributed by atoms with Gasteiger partial charge < -0.3 is 14.8 Å². The van der Waals surface area contributed by atoms with Crippen LogP contribution >= 0.6 is 0 Å². The second-order valence-electron chi connectivity index (χ2n) is 7.01. The van der Waals surface area contributed by atoms with Gasteiger partial charge in [0.1, 0.15) is 11.8 Å². The SMILES string of the molecule is COC(=O)[C@@H]1C[C@H]2CCCC[C@H]2N1CC(=O)Nc1ccc(OC(F)F)cc1. The summed E-state index contributed by atoms with van der Waals surface area (Å²) in [6, 6.07) is 5.56. The molecule has 27 heavy (non-hydrogen) atoms. The Kier molecular flexibility index (Phi) is 6.26. The van der Waals surface area contributed by atoms with Gasteiger partial charge in [-0.2, -0.15) is 8.78 Å². The van der Waals surface area contributed by atoms with Crippen molar-refractivity contribution in [3.8, 4) is 5.75 Å². The number of ether oxygens (including phenoxy) is 2. The summed E-state index contributed by atoms with van der Waals surface area (Å²) in [7, 11) is 1.37. The van der Waals surface area contributed by atoms with Crippen LogP contribution in [0.3, 0.4) is 0 Å². The van der Waals surface area contributed by atoms with Gasteiger partial charge in [-0.3, -0.25) is 14.5 Å². The van der Waals surface area contributed by atoms with Crippen LogP contribution in [0.15, 0.2) is 24.3 Å². The number of anilines is 1. The van der Waals surface area contributed by atoms with Crippen molar-refractivity contribution in [2.75, 3.05) is 19.0 Å². The molecule has 0 radical (unpaired) electrons. The fraction of sp³-hybridized carbons (Fsp3) is 0.579. The highest BCUT2D eigenvalue weighted by Gasteiger charge is 2.46. The molecular weight excluding hydrogens is 358 g/mol. The number of halogens is 2. The van der Waals surface area contributed by atoms with Gasteiger partial charge in [0, 0.05) is 11.7 Å². The number of fused-ring (bicyclic) bond motifs is 1. The third-order valence-corrected chi connectivity index (χ3v) is 5.38. The van der Waals surface area contributed by atoms with Crippen molar-refractivity contribution in [2.24, 2.45) is 5.92 Å². The van der Waals surface area contributed by atoms with E-state index >= 15 is 0 Å². The Balaban J connectivity index is 1.63. The van der Waals surface area contributed by atoms with Crippen molar-refractivity contribution in [3.63, 3.8) is 0 Å². The molecule has 1 aliphatic carbocycles. The van der Waals surface area contributed by atoms with Crippen LogP contribution in [0, 0.1) is 5.92 Å². The molecule has 2 aliphatic rings. The lowest BCUT2D eigenvalue weighted by Crippen LogP contribution is -2.46. The van der Waals surface area contributed by atoms with E-state index < -0.39 is 12.7 Å². The number of hydrogen-bond acceptors (Lipinski definition) is 5. The van der Waals surface area contributed by atoms with Gasteiger partial charge in [0.2, 0.25) is 5.91 Å². The molecule has 3 atom stereocenters. The van der Waals surface area contributed by atoms with Gasteiger partial charge in [-0.25, -0.2) is 0 Å². The lowest BCUT2D eigenvalue weighted by atomic mass is 9.85. The second-order valence-corrected chi connectivity index (χ2v) is 7.01. The largest absolute Gasteiger partial charge is 0.468 e. The van der Waals surface area contributed by atoms with Gasteiger partial charge in [-0.15, -0.1) is 0 Å². The smallest absolute Gasteiger partial charge is 0.387 e. The molecule has 1 saturated heterocycles. The predicted octanol–water partition coefficient (Wildman–Crippen LogP) is 3.03. The van der Waals surface area contributed by atoms with Crippen LogP contribution in [-0.2, 0) is 14.3 Å². The van der Waals surface area contributed by atoms with Crippen LogP contribution in [0.5, 0.6) is 5.75 Å². The first kappa shape index (κ1) is 19.5. The molecule has 0 bridgehead atoms. The molecule has 0 unspecified atom stereocenters. The highest BCUT2D eigenvalue weighted by atomic mass is 19.3. The maximum atomic E-state index is 12.5. The normalized spacial score (nSPS) is 25.1. The van der Waals surface area contributed by atoms with E-state index in [1.165, 1.54) is 31.4 Å². The van der Waals surface area contributed by atoms with Gasteiger partial charge in [-0.1, -0.05) is 12.8 Å². The molecule has 1 heterocycles. The van der Waals surface area contributed by atoms with Crippen LogP contribution in [0.1, 0.15) is 32.1 Å². The number of carbonyl (C=O) groups is 2. The molecule has 1 saturated carbocycles. The van der Waals surface area contributed by atoms with E-state index in [1.54, 1.807) is 0 Å². The third-order valence-electron chi connectivity index (χ3n) is 5.38. The predicted molar refractivity (Wildman–Crippen MR) is 94.6 cm³/mol. The number of amides is 1. The van der Waals surface area contributed by atoms with E-state index in [1.807, 2.05) is 4.90 Å². The molecule has 1 N–H and O–H groups in total. The summed E-state index contributed by atoms with van der Waals surface area (Å²) in [5.74, 6) is -0.108. The Morgan fingerprint density at radius 3 is 2.59 bits per heavy atom. The molecule has 8 heteroatoms. The fourth-order valence-corrected chi connectivity index (χ4v) is 4.23. The highest BCUT2D eigenvalue weighted by molar-refractivity contribution is 5.92. The molecule has 1 aromatic carbocycles. The molecule has 1 aliphatic heterocycles. The van der Waals surface area contributed by atoms with Gasteiger partial charge in [0.25, 0.3) is 0 Å². The summed E-state index contributed by atoms with van der Waals surface area (Å²) in [6.07, 6.45) is 5.03. The number of alkyl halides is 2. The van der Waals surface area contributed by atoms with Crippen LogP contribution in [0.25, 0.3) is 0 Å². The highest BCUT2D eigenvalue weighted by Crippen LogP contribution is 2.39. The number of methoxy groups -OCH3 is 1. The minimum atomic E-state index is -2.89. The standard InChI is InChI=1S/C19H24F2N2O4/c1-26-18(25)16-10-12-4-2-3-5-15(12)23(16)11-17(24)22-13-6-8-14(9-7-13)27-19(20)21/h6-9,12,15-16,19H,2-5,10-11H2,1H3,(H,22,24)/t12-,15-,16+/m1/s1. The van der Waals surface area contributed by atoms with Gasteiger partial charge >= 0.3 is 12.6 Å². The number of hydrogen-bond donors (Lipinski definition) is 1. The quantitative estimate of drug-likeness (QED) is 0.766. The van der Waals surface area contributed by atoms with Crippen molar-refractivity contribution in [1.29, 1.82) is 0 Å². The Morgan fingerprint density at radius 2 is 1.93 bits per heavy atom. The molecule has 1 amide bonds. The minimum Gasteiger partial charge on any atom is -0.468 e. The molecular formula is C19H24F2N2O4. The summed E-state index contributed by atoms with van der Waals surface area (Å²) in [6.45, 7) is -2.80. The van der Waals surface area contributed by atoms with Crippen molar-refractivity contribution in [2.45, 2.75) is 50.8 Å². The topological polar surface area (TPSA) is 67.9 Å². The average molecular weight is 382 g/mol. The Labute approximate surface area is 156 Å². The average Bonchev–Trinajstić information content (AvgIpc) is 3.01. The van der Waals surface area contributed by atoms with Crippen LogP contribution in [0.2, 0.25) is 0 Å². The molecule has 1 aromatic rings. The first-order chi connectivity index (χ1) is 13.0. The third kappa shape index (κ3) is 4.74. The van der Waals surface area contributed by atoms with Crippen molar-refractivity contribution in [3.05, 3.63) is 24.3 Å². The number of rotatable bonds is 6. The van der Waals surface area contributed by atoms with E-state index in [9.17, 15) is 18.4 Å². The number of carbonyl (C=O) groups excluding carboxylic acids is 2. The van der Waals surface area contributed by atoms with Crippen molar-refractivity contribution < 1.29 is 27.8 Å². The number of likely N-dealkylation sites (tertiary alicyclic amines) is 1. The fourth-order valence-electron chi connectivity index (χ4n) is 4.23. The number of nitrogens with one attached hydrogen (secondary N) is 1. The zero-order valence-corrected chi connectivity index (χ0v) is 15.2. The zero-order valence-electron chi connectivity index (χ0n) is 15.2. The van der Waals surface area contributed by atoms with Crippen LogP contribution < -0.4 is 10.1 Å². The molecule has 3 rings (SSSR count). The van der Waals surface area contributed by atoms with E-state index in [-0.39, 0.29) is 30.2 Å². The van der Waals surface area contributed by atoms with E-state index in [0.717, 1.165) is 32.1 Å². The van der Waals surface area contributed by atoms with Crippen LogP contribution in [-0.4, -0.2) is 49.1 Å². The number of benzene rings is 1. The van der Waals surface area contributed by atoms with Gasteiger partial charge in [0.05, 0.1) is 13.7 Å². The Morgan fingerprint density at radius 1 is 1.22 bits per heavy atom. The summed E-state index contributed by atoms with van der Waals surface area (Å²) in [4.78, 5) is 26.6. The van der Waals surface area contributed by atoms with E-state index in [4.69, 9.17) is 4.74 Å². The lowest BCUT2D eigenvalue weighted by Gasteiger charge is -2.32. The molecule has 148 valence electrons. The number of nitrogens with zero attached hydrogens (tertiary/aromatic N) is 1. The zero-order chi connectivity index (χ0) is 19.4. The molecule has 6 nitrogen and oxygen atoms in total. The van der Waals surface area contributed by atoms with Gasteiger partial charge in [0.15, 0.2) is 0 Å². The second kappa shape index (κ2) is 8.65. The minimum absolute atomic E-state index is 0.0262. The summed E-state index contributed by atoms with van der Waals surface area (Å²) in [5, 5.41) is 2.75. The van der Waals surface area contributed by atoms with Crippen LogP contribution in [0.4, 0.5) is 14.5 Å². The number of esters is 1. The maximum Gasteiger partial charge on any atom is 0.387 e. The van der Waals surface area contributed by atoms with E-state index in [2.05, 4.69) is 10.1 Å². The van der Waals surface area contributed by atoms with Gasteiger partial charge in [-0.05, 0) is 49.4 Å². The first-order valence-electron chi connectivity index (χ1n) is 9.16. The Hall–Kier alpha value is -2.22. The summed E-state index contributed by atoms with van der Waals surface area (Å²) in [5.41, 5.74) is 0.482. The maximum absolute atomic E-state index is 12.5. The molecule has 0 spiro atoms. The summed E-state index contributed by atoms with van der Waals surface area (Å²) < 4.78 is 33.6. The Bertz CT molecular complexity index is 668. The first-order valence-corrected chi connectivity index (χ1v) is 9.16. The molecule has 2 fully saturated rings. The summed E-state index contributed by atoms with van der Waals surface area (Å²) >= 11 is 0. The van der Waals surface area contributed by atoms with Crippen molar-refractivity contribution in [1.82, 2.24) is 4.90 Å².